The van der Waals surface area contributed by atoms with Crippen LogP contribution in [0.1, 0.15) is 5.56 Å². The number of phenolic OH excluding ortho intramolecular Hbond substituents is 1. The summed E-state index contributed by atoms with van der Waals surface area (Å²) >= 11 is 0. The van der Waals surface area contributed by atoms with E-state index in [0.717, 1.165) is 18.2 Å². The lowest BCUT2D eigenvalue weighted by Gasteiger charge is -2.10. The van der Waals surface area contributed by atoms with Crippen LogP contribution >= 0.6 is 0 Å². The summed E-state index contributed by atoms with van der Waals surface area (Å²) in [5, 5.41) is 16.2. The van der Waals surface area contributed by atoms with E-state index in [1.165, 1.54) is 0 Å². The molecule has 0 amide bonds. The molecule has 82 valence electrons. The van der Waals surface area contributed by atoms with E-state index in [2.05, 4.69) is 4.74 Å². The number of hydrogen-bond acceptors (Lipinski definition) is 3. The summed E-state index contributed by atoms with van der Waals surface area (Å²) in [5.41, 5.74) is 5.00. The van der Waals surface area contributed by atoms with Gasteiger partial charge in [-0.2, -0.15) is 0 Å². The van der Waals surface area contributed by atoms with Gasteiger partial charge in [-0.15, -0.1) is 13.2 Å². The minimum absolute atomic E-state index is 0.0514. The number of alkyl halides is 3. The Kier molecular flexibility index (Phi) is 2.74. The van der Waals surface area contributed by atoms with Crippen molar-refractivity contribution in [2.24, 2.45) is 5.73 Å². The molecule has 0 aliphatic carbocycles. The van der Waals surface area contributed by atoms with Crippen LogP contribution in [0.15, 0.2) is 18.2 Å². The first-order chi connectivity index (χ1) is 6.79. The van der Waals surface area contributed by atoms with E-state index in [9.17, 15) is 18.3 Å². The van der Waals surface area contributed by atoms with Crippen molar-refractivity contribution in [1.82, 2.24) is 0 Å². The van der Waals surface area contributed by atoms with Gasteiger partial charge < -0.3 is 15.6 Å². The molecule has 0 unspecified atom stereocenters. The van der Waals surface area contributed by atoms with Crippen LogP contribution in [-0.2, 0) is 0 Å². The van der Waals surface area contributed by atoms with Crippen molar-refractivity contribution in [2.45, 2.75) is 6.36 Å². The zero-order chi connectivity index (χ0) is 11.6. The highest BCUT2D eigenvalue weighted by Gasteiger charge is 2.31. The van der Waals surface area contributed by atoms with Gasteiger partial charge >= 0.3 is 6.36 Å². The number of benzene rings is 1. The molecule has 0 saturated carbocycles. The van der Waals surface area contributed by atoms with Gasteiger partial charge in [0.25, 0.3) is 0 Å². The molecule has 0 spiro atoms. The molecule has 0 radical (unpaired) electrons. The molecule has 1 aromatic carbocycles. The normalized spacial score (nSPS) is 11.1. The van der Waals surface area contributed by atoms with E-state index < -0.39 is 23.7 Å². The zero-order valence-electron chi connectivity index (χ0n) is 7.30. The Hall–Kier alpha value is -1.92. The molecule has 0 bridgehead atoms. The SMILES string of the molecule is N=C(N)c1ccc(OC(F)(F)F)cc1O. The Bertz CT molecular complexity index is 390. The molecule has 1 aromatic rings. The second-order valence-electron chi connectivity index (χ2n) is 2.64. The first kappa shape index (κ1) is 11.2. The van der Waals surface area contributed by atoms with Crippen LogP contribution in [0.3, 0.4) is 0 Å². The van der Waals surface area contributed by atoms with Crippen molar-refractivity contribution in [2.75, 3.05) is 0 Å². The van der Waals surface area contributed by atoms with Gasteiger partial charge in [-0.25, -0.2) is 0 Å². The van der Waals surface area contributed by atoms with E-state index in [-0.39, 0.29) is 5.56 Å². The van der Waals surface area contributed by atoms with Crippen LogP contribution in [0.25, 0.3) is 0 Å². The van der Waals surface area contributed by atoms with Gasteiger partial charge in [-0.1, -0.05) is 0 Å². The smallest absolute Gasteiger partial charge is 0.507 e. The summed E-state index contributed by atoms with van der Waals surface area (Å²) in [7, 11) is 0. The third kappa shape index (κ3) is 3.04. The maximum Gasteiger partial charge on any atom is 0.573 e. The number of halogens is 3. The number of nitrogens with one attached hydrogen (secondary N) is 1. The van der Waals surface area contributed by atoms with Crippen molar-refractivity contribution < 1.29 is 23.0 Å². The average Bonchev–Trinajstić information content (AvgIpc) is 1.99. The van der Waals surface area contributed by atoms with E-state index in [1.807, 2.05) is 0 Å². The van der Waals surface area contributed by atoms with Crippen LogP contribution in [0, 0.1) is 5.41 Å². The number of aromatic hydroxyl groups is 1. The first-order valence-corrected chi connectivity index (χ1v) is 3.73. The van der Waals surface area contributed by atoms with Gasteiger partial charge in [-0.05, 0) is 12.1 Å². The third-order valence-corrected chi connectivity index (χ3v) is 1.49. The molecule has 0 saturated heterocycles. The lowest BCUT2D eigenvalue weighted by atomic mass is 10.2. The Balaban J connectivity index is 2.97. The molecule has 0 atom stereocenters. The monoisotopic (exact) mass is 220 g/mol. The molecule has 0 aliphatic rings. The average molecular weight is 220 g/mol. The molecule has 4 N–H and O–H groups in total. The van der Waals surface area contributed by atoms with Crippen molar-refractivity contribution >= 4 is 5.84 Å². The quantitative estimate of drug-likeness (QED) is 0.522. The number of amidine groups is 1. The van der Waals surface area contributed by atoms with E-state index >= 15 is 0 Å². The predicted octanol–water partition coefficient (Wildman–Crippen LogP) is 1.57. The van der Waals surface area contributed by atoms with Crippen molar-refractivity contribution in [3.05, 3.63) is 23.8 Å². The largest absolute Gasteiger partial charge is 0.573 e. The number of phenols is 1. The van der Waals surface area contributed by atoms with Crippen molar-refractivity contribution in [3.63, 3.8) is 0 Å². The highest BCUT2D eigenvalue weighted by atomic mass is 19.4. The topological polar surface area (TPSA) is 79.3 Å². The second kappa shape index (κ2) is 3.68. The molecule has 1 rings (SSSR count). The third-order valence-electron chi connectivity index (χ3n) is 1.49. The molecule has 15 heavy (non-hydrogen) atoms. The fourth-order valence-electron chi connectivity index (χ4n) is 0.936. The minimum atomic E-state index is -4.82. The number of nitrogens with two attached hydrogens (primary N) is 1. The minimum Gasteiger partial charge on any atom is -0.507 e. The van der Waals surface area contributed by atoms with Gasteiger partial charge in [0.1, 0.15) is 17.3 Å². The predicted molar refractivity (Wildman–Crippen MR) is 45.8 cm³/mol. The van der Waals surface area contributed by atoms with Crippen LogP contribution in [0.5, 0.6) is 11.5 Å². The van der Waals surface area contributed by atoms with Crippen molar-refractivity contribution in [1.29, 1.82) is 5.41 Å². The summed E-state index contributed by atoms with van der Waals surface area (Å²) in [5.74, 6) is -1.54. The standard InChI is InChI=1S/C8H7F3N2O2/c9-8(10,11)15-4-1-2-5(7(12)13)6(14)3-4/h1-3,14H,(H3,12,13). The molecule has 0 heterocycles. The highest BCUT2D eigenvalue weighted by molar-refractivity contribution is 5.97. The van der Waals surface area contributed by atoms with Gasteiger partial charge in [0.15, 0.2) is 0 Å². The number of nitrogen functional groups attached to an aromatic ring is 1. The van der Waals surface area contributed by atoms with E-state index in [4.69, 9.17) is 11.1 Å². The highest BCUT2D eigenvalue weighted by Crippen LogP contribution is 2.27. The summed E-state index contributed by atoms with van der Waals surface area (Å²) in [6, 6.07) is 2.77. The number of hydrogen-bond donors (Lipinski definition) is 3. The Morgan fingerprint density at radius 3 is 2.40 bits per heavy atom. The molecule has 0 aromatic heterocycles. The molecule has 0 fully saturated rings. The van der Waals surface area contributed by atoms with Crippen molar-refractivity contribution in [3.8, 4) is 11.5 Å². The van der Waals surface area contributed by atoms with Crippen LogP contribution in [-0.4, -0.2) is 17.3 Å². The lowest BCUT2D eigenvalue weighted by Crippen LogP contribution is -2.17. The summed E-state index contributed by atoms with van der Waals surface area (Å²) in [6.07, 6.45) is -4.82. The Morgan fingerprint density at radius 2 is 2.00 bits per heavy atom. The van der Waals surface area contributed by atoms with Gasteiger partial charge in [-0.3, -0.25) is 5.41 Å². The summed E-state index contributed by atoms with van der Waals surface area (Å²) in [4.78, 5) is 0. The number of ether oxygens (including phenoxy) is 1. The fraction of sp³-hybridized carbons (Fsp3) is 0.125. The lowest BCUT2D eigenvalue weighted by molar-refractivity contribution is -0.274. The van der Waals surface area contributed by atoms with Gasteiger partial charge in [0.2, 0.25) is 0 Å². The molecular formula is C8H7F3N2O2. The molecule has 4 nitrogen and oxygen atoms in total. The molecule has 7 heteroatoms. The first-order valence-electron chi connectivity index (χ1n) is 3.73. The molecular weight excluding hydrogens is 213 g/mol. The maximum absolute atomic E-state index is 11.8. The van der Waals surface area contributed by atoms with E-state index in [1.54, 1.807) is 0 Å². The van der Waals surface area contributed by atoms with Crippen LogP contribution in [0.4, 0.5) is 13.2 Å². The van der Waals surface area contributed by atoms with Crippen LogP contribution in [0.2, 0.25) is 0 Å². The summed E-state index contributed by atoms with van der Waals surface area (Å²) in [6.45, 7) is 0. The number of rotatable bonds is 2. The fourth-order valence-corrected chi connectivity index (χ4v) is 0.936. The second-order valence-corrected chi connectivity index (χ2v) is 2.64. The summed E-state index contributed by atoms with van der Waals surface area (Å²) < 4.78 is 38.8. The zero-order valence-corrected chi connectivity index (χ0v) is 7.30. The Morgan fingerprint density at radius 1 is 1.40 bits per heavy atom. The van der Waals surface area contributed by atoms with Gasteiger partial charge in [0.05, 0.1) is 5.56 Å². The molecule has 0 aliphatic heterocycles. The Labute approximate surface area is 82.6 Å². The van der Waals surface area contributed by atoms with Crippen LogP contribution < -0.4 is 10.5 Å². The maximum atomic E-state index is 11.8. The van der Waals surface area contributed by atoms with Gasteiger partial charge in [0, 0.05) is 6.07 Å². The van der Waals surface area contributed by atoms with E-state index in [0.29, 0.717) is 0 Å².